The summed E-state index contributed by atoms with van der Waals surface area (Å²) in [5.74, 6) is -1.32. The predicted molar refractivity (Wildman–Crippen MR) is 133 cm³/mol. The molecular weight excluding hydrogens is 442 g/mol. The highest BCUT2D eigenvalue weighted by Crippen LogP contribution is 2.11. The van der Waals surface area contributed by atoms with Crippen LogP contribution in [0.3, 0.4) is 0 Å². The van der Waals surface area contributed by atoms with Crippen molar-refractivity contribution in [2.75, 3.05) is 12.0 Å². The second-order valence-corrected chi connectivity index (χ2v) is 10.9. The number of Topliss-reactive ketones (excluding diaryl/α,β-unsaturated/α-hetero) is 1. The Morgan fingerprint density at radius 3 is 1.97 bits per heavy atom. The number of ketones is 1. The molecule has 4 unspecified atom stereocenters. The smallest absolute Gasteiger partial charge is 0.243 e. The molecule has 0 saturated heterocycles. The Labute approximate surface area is 201 Å². The average molecular weight is 486 g/mol. The predicted octanol–water partition coefficient (Wildman–Crippen LogP) is 2.25. The van der Waals surface area contributed by atoms with Gasteiger partial charge in [0.15, 0.2) is 5.78 Å². The lowest BCUT2D eigenvalue weighted by molar-refractivity contribution is -0.134. The maximum Gasteiger partial charge on any atom is 0.243 e. The fraction of sp³-hybridized carbons (Fsp3) is 0.750. The monoisotopic (exact) mass is 485 g/mol. The highest BCUT2D eigenvalue weighted by molar-refractivity contribution is 7.84. The standard InChI is InChI=1S/C24H43N3O5S/c1-9-10-11-20(28)27-21(16(4)5)24(31)25-18(12-13-33(8)32)23(30)26-19(14-15(2)3)22(29)17(6)7/h15-16,18-19,21H,6,9-14H2,1-5,7-8H3,(H,25,31)(H,26,30)(H,27,28). The molecule has 0 heterocycles. The van der Waals surface area contributed by atoms with Gasteiger partial charge in [-0.2, -0.15) is 0 Å². The summed E-state index contributed by atoms with van der Waals surface area (Å²) in [5.41, 5.74) is 0.339. The van der Waals surface area contributed by atoms with Crippen molar-refractivity contribution in [2.45, 2.75) is 91.8 Å². The Morgan fingerprint density at radius 1 is 0.939 bits per heavy atom. The summed E-state index contributed by atoms with van der Waals surface area (Å²) in [7, 11) is -1.17. The van der Waals surface area contributed by atoms with Crippen LogP contribution in [0.1, 0.15) is 73.6 Å². The number of unbranched alkanes of at least 4 members (excludes halogenated alkanes) is 1. The Hall–Kier alpha value is -2.03. The molecule has 0 aromatic carbocycles. The molecule has 0 fully saturated rings. The zero-order valence-corrected chi connectivity index (χ0v) is 22.1. The Bertz CT molecular complexity index is 721. The molecule has 0 aromatic rings. The Balaban J connectivity index is 5.56. The summed E-state index contributed by atoms with van der Waals surface area (Å²) in [6.07, 6.45) is 4.01. The topological polar surface area (TPSA) is 121 Å². The van der Waals surface area contributed by atoms with Gasteiger partial charge in [0.05, 0.1) is 6.04 Å². The van der Waals surface area contributed by atoms with Crippen LogP contribution in [0, 0.1) is 11.8 Å². The number of carbonyl (C=O) groups is 4. The molecule has 0 radical (unpaired) electrons. The summed E-state index contributed by atoms with van der Waals surface area (Å²) < 4.78 is 11.7. The molecule has 0 spiro atoms. The van der Waals surface area contributed by atoms with E-state index in [-0.39, 0.29) is 35.7 Å². The third kappa shape index (κ3) is 12.7. The second kappa shape index (κ2) is 15.7. The summed E-state index contributed by atoms with van der Waals surface area (Å²) >= 11 is 0. The van der Waals surface area contributed by atoms with Crippen LogP contribution >= 0.6 is 0 Å². The van der Waals surface area contributed by atoms with E-state index < -0.39 is 40.7 Å². The Morgan fingerprint density at radius 2 is 1.52 bits per heavy atom. The van der Waals surface area contributed by atoms with Crippen LogP contribution in [-0.2, 0) is 30.0 Å². The molecule has 3 amide bonds. The lowest BCUT2D eigenvalue weighted by Gasteiger charge is -2.27. The van der Waals surface area contributed by atoms with E-state index in [1.165, 1.54) is 6.26 Å². The first-order chi connectivity index (χ1) is 15.3. The molecule has 0 aliphatic rings. The highest BCUT2D eigenvalue weighted by Gasteiger charge is 2.31. The van der Waals surface area contributed by atoms with E-state index in [1.54, 1.807) is 6.92 Å². The van der Waals surface area contributed by atoms with Crippen molar-refractivity contribution in [2.24, 2.45) is 11.8 Å². The van der Waals surface area contributed by atoms with Gasteiger partial charge in [0.25, 0.3) is 0 Å². The molecule has 0 saturated carbocycles. The maximum absolute atomic E-state index is 13.1. The van der Waals surface area contributed by atoms with Gasteiger partial charge >= 0.3 is 0 Å². The molecule has 9 heteroatoms. The van der Waals surface area contributed by atoms with Gasteiger partial charge in [-0.25, -0.2) is 0 Å². The van der Waals surface area contributed by atoms with Crippen LogP contribution in [0.25, 0.3) is 0 Å². The third-order valence-corrected chi connectivity index (χ3v) is 5.92. The van der Waals surface area contributed by atoms with E-state index in [2.05, 4.69) is 22.5 Å². The molecule has 0 aliphatic heterocycles. The van der Waals surface area contributed by atoms with Crippen molar-refractivity contribution in [1.29, 1.82) is 0 Å². The van der Waals surface area contributed by atoms with E-state index in [4.69, 9.17) is 0 Å². The molecule has 33 heavy (non-hydrogen) atoms. The number of nitrogens with one attached hydrogen (secondary N) is 3. The number of hydrogen-bond donors (Lipinski definition) is 3. The first-order valence-electron chi connectivity index (χ1n) is 11.7. The normalized spacial score (nSPS) is 14.8. The molecule has 8 nitrogen and oxygen atoms in total. The fourth-order valence-electron chi connectivity index (χ4n) is 3.20. The van der Waals surface area contributed by atoms with Crippen molar-refractivity contribution in [1.82, 2.24) is 16.0 Å². The van der Waals surface area contributed by atoms with Gasteiger partial charge in [-0.15, -0.1) is 0 Å². The third-order valence-electron chi connectivity index (χ3n) is 5.11. The van der Waals surface area contributed by atoms with E-state index in [1.807, 2.05) is 34.6 Å². The highest BCUT2D eigenvalue weighted by atomic mass is 32.2. The number of amides is 3. The van der Waals surface area contributed by atoms with Crippen molar-refractivity contribution < 1.29 is 23.4 Å². The van der Waals surface area contributed by atoms with E-state index >= 15 is 0 Å². The first-order valence-corrected chi connectivity index (χ1v) is 13.4. The lowest BCUT2D eigenvalue weighted by atomic mass is 9.96. The molecule has 4 atom stereocenters. The quantitative estimate of drug-likeness (QED) is 0.290. The van der Waals surface area contributed by atoms with Gasteiger partial charge < -0.3 is 16.0 Å². The minimum absolute atomic E-state index is 0.144. The van der Waals surface area contributed by atoms with Crippen LogP contribution in [0.2, 0.25) is 0 Å². The van der Waals surface area contributed by atoms with Crippen molar-refractivity contribution in [3.05, 3.63) is 12.2 Å². The fourth-order valence-corrected chi connectivity index (χ4v) is 3.77. The lowest BCUT2D eigenvalue weighted by Crippen LogP contribution is -2.57. The minimum atomic E-state index is -1.17. The zero-order valence-electron chi connectivity index (χ0n) is 21.3. The maximum atomic E-state index is 13.1. The van der Waals surface area contributed by atoms with Gasteiger partial charge in [-0.1, -0.05) is 47.6 Å². The van der Waals surface area contributed by atoms with E-state index in [0.29, 0.717) is 18.4 Å². The number of rotatable bonds is 16. The van der Waals surface area contributed by atoms with Gasteiger partial charge in [0.1, 0.15) is 12.1 Å². The van der Waals surface area contributed by atoms with Crippen molar-refractivity contribution in [3.8, 4) is 0 Å². The molecule has 3 N–H and O–H groups in total. The summed E-state index contributed by atoms with van der Waals surface area (Å²) in [5, 5.41) is 8.21. The molecular formula is C24H43N3O5S. The van der Waals surface area contributed by atoms with Gasteiger partial charge in [-0.3, -0.25) is 23.4 Å². The molecule has 190 valence electrons. The van der Waals surface area contributed by atoms with E-state index in [9.17, 15) is 23.4 Å². The largest absolute Gasteiger partial charge is 0.344 e. The first kappa shape index (κ1) is 31.0. The summed E-state index contributed by atoms with van der Waals surface area (Å²) in [4.78, 5) is 50.8. The number of carbonyl (C=O) groups excluding carboxylic acids is 4. The van der Waals surface area contributed by atoms with Crippen LogP contribution in [0.5, 0.6) is 0 Å². The van der Waals surface area contributed by atoms with Gasteiger partial charge in [0, 0.05) is 29.2 Å². The molecule has 0 rings (SSSR count). The molecule has 0 bridgehead atoms. The van der Waals surface area contributed by atoms with Crippen LogP contribution in [-0.4, -0.2) is 57.8 Å². The zero-order chi connectivity index (χ0) is 25.7. The van der Waals surface area contributed by atoms with Crippen molar-refractivity contribution >= 4 is 34.3 Å². The van der Waals surface area contributed by atoms with Crippen LogP contribution < -0.4 is 16.0 Å². The summed E-state index contributed by atoms with van der Waals surface area (Å²) in [6, 6.07) is -2.54. The second-order valence-electron chi connectivity index (χ2n) is 9.36. The molecule has 0 aromatic heterocycles. The van der Waals surface area contributed by atoms with Crippen LogP contribution in [0.4, 0.5) is 0 Å². The van der Waals surface area contributed by atoms with Crippen LogP contribution in [0.15, 0.2) is 12.2 Å². The van der Waals surface area contributed by atoms with E-state index in [0.717, 1.165) is 12.8 Å². The minimum Gasteiger partial charge on any atom is -0.344 e. The SMILES string of the molecule is C=C(C)C(=O)C(CC(C)C)NC(=O)C(CCS(C)=O)NC(=O)C(NC(=O)CCCC)C(C)C. The molecule has 0 aliphatic carbocycles. The van der Waals surface area contributed by atoms with Gasteiger partial charge in [-0.05, 0) is 43.6 Å². The number of hydrogen-bond acceptors (Lipinski definition) is 5. The summed E-state index contributed by atoms with van der Waals surface area (Å²) in [6.45, 7) is 14.8. The average Bonchev–Trinajstić information content (AvgIpc) is 2.71. The van der Waals surface area contributed by atoms with Gasteiger partial charge in [0.2, 0.25) is 17.7 Å². The Kier molecular flexibility index (Phi) is 14.8. The van der Waals surface area contributed by atoms with Crippen molar-refractivity contribution in [3.63, 3.8) is 0 Å².